The molecule has 0 aliphatic heterocycles. The van der Waals surface area contributed by atoms with Gasteiger partial charge >= 0.3 is 0 Å². The van der Waals surface area contributed by atoms with Gasteiger partial charge in [0.25, 0.3) is 0 Å². The van der Waals surface area contributed by atoms with Crippen LogP contribution in [0, 0.1) is 0 Å². The molecule has 0 heterocycles. The highest BCUT2D eigenvalue weighted by molar-refractivity contribution is 7.80. The van der Waals surface area contributed by atoms with Crippen LogP contribution >= 0.6 is 12.2 Å². The molecule has 0 spiro atoms. The van der Waals surface area contributed by atoms with Crippen LogP contribution in [0.3, 0.4) is 0 Å². The Morgan fingerprint density at radius 2 is 2.00 bits per heavy atom. The zero-order valence-electron chi connectivity index (χ0n) is 9.02. The summed E-state index contributed by atoms with van der Waals surface area (Å²) in [5, 5.41) is 7.23. The van der Waals surface area contributed by atoms with Gasteiger partial charge in [0.05, 0.1) is 0 Å². The van der Waals surface area contributed by atoms with E-state index in [0.29, 0.717) is 6.04 Å². The van der Waals surface area contributed by atoms with Crippen molar-refractivity contribution >= 4 is 17.3 Å². The summed E-state index contributed by atoms with van der Waals surface area (Å²) in [5.41, 5.74) is 0. The molecule has 1 atom stereocenters. The summed E-state index contributed by atoms with van der Waals surface area (Å²) in [7, 11) is 0. The number of hydrogen-bond donors (Lipinski definition) is 2. The summed E-state index contributed by atoms with van der Waals surface area (Å²) in [6, 6.07) is 0.497. The van der Waals surface area contributed by atoms with Crippen LogP contribution in [-0.4, -0.2) is 17.7 Å². The maximum absolute atomic E-state index is 5.12. The molecule has 0 aromatic heterocycles. The molecule has 0 rings (SSSR count). The molecule has 0 bridgehead atoms. The van der Waals surface area contributed by atoms with E-state index in [1.807, 2.05) is 0 Å². The quantitative estimate of drug-likeness (QED) is 0.647. The average Bonchev–Trinajstić information content (AvgIpc) is 2.11. The average molecular weight is 202 g/mol. The lowest BCUT2D eigenvalue weighted by atomic mass is 10.1. The number of hydrogen-bond acceptors (Lipinski definition) is 1. The molecule has 2 nitrogen and oxygen atoms in total. The van der Waals surface area contributed by atoms with Crippen molar-refractivity contribution in [2.24, 2.45) is 0 Å². The molecule has 0 fully saturated rings. The highest BCUT2D eigenvalue weighted by Crippen LogP contribution is 1.98. The van der Waals surface area contributed by atoms with Gasteiger partial charge in [0, 0.05) is 12.6 Å². The van der Waals surface area contributed by atoms with Gasteiger partial charge in [-0.3, -0.25) is 0 Å². The Bertz CT molecular complexity index is 137. The molecule has 1 unspecified atom stereocenters. The lowest BCUT2D eigenvalue weighted by Gasteiger charge is -2.16. The highest BCUT2D eigenvalue weighted by Gasteiger charge is 2.01. The van der Waals surface area contributed by atoms with Crippen LogP contribution in [0.15, 0.2) is 0 Å². The van der Waals surface area contributed by atoms with Gasteiger partial charge in [0.2, 0.25) is 0 Å². The van der Waals surface area contributed by atoms with Crippen molar-refractivity contribution in [1.29, 1.82) is 0 Å². The maximum atomic E-state index is 5.12. The van der Waals surface area contributed by atoms with Gasteiger partial charge in [-0.2, -0.15) is 0 Å². The molecule has 0 saturated carbocycles. The minimum absolute atomic E-state index is 0.497. The van der Waals surface area contributed by atoms with E-state index in [1.54, 1.807) is 0 Å². The van der Waals surface area contributed by atoms with E-state index in [1.165, 1.54) is 19.3 Å². The zero-order valence-corrected chi connectivity index (χ0v) is 9.84. The van der Waals surface area contributed by atoms with Crippen molar-refractivity contribution in [3.8, 4) is 0 Å². The number of unbranched alkanes of at least 4 members (excludes halogenated alkanes) is 1. The van der Waals surface area contributed by atoms with Gasteiger partial charge < -0.3 is 10.6 Å². The maximum Gasteiger partial charge on any atom is 0.166 e. The van der Waals surface area contributed by atoms with E-state index in [0.717, 1.165) is 18.1 Å². The molecule has 3 heteroatoms. The summed E-state index contributed by atoms with van der Waals surface area (Å²) in [5.74, 6) is 0. The summed E-state index contributed by atoms with van der Waals surface area (Å²) in [6.45, 7) is 7.48. The molecule has 78 valence electrons. The Hall–Kier alpha value is -0.310. The molecule has 2 N–H and O–H groups in total. The normalized spacial score (nSPS) is 12.2. The van der Waals surface area contributed by atoms with Gasteiger partial charge in [0.1, 0.15) is 0 Å². The fourth-order valence-electron chi connectivity index (χ4n) is 1.10. The van der Waals surface area contributed by atoms with E-state index in [2.05, 4.69) is 31.4 Å². The van der Waals surface area contributed by atoms with E-state index in [4.69, 9.17) is 12.2 Å². The first kappa shape index (κ1) is 12.7. The molecule has 13 heavy (non-hydrogen) atoms. The smallest absolute Gasteiger partial charge is 0.166 e. The highest BCUT2D eigenvalue weighted by atomic mass is 32.1. The monoisotopic (exact) mass is 202 g/mol. The first-order chi connectivity index (χ1) is 6.20. The first-order valence-corrected chi connectivity index (χ1v) is 5.65. The van der Waals surface area contributed by atoms with Crippen LogP contribution in [0.4, 0.5) is 0 Å². The molecule has 0 aromatic carbocycles. The lowest BCUT2D eigenvalue weighted by molar-refractivity contribution is 0.565. The van der Waals surface area contributed by atoms with Crippen LogP contribution in [0.5, 0.6) is 0 Å². The topological polar surface area (TPSA) is 24.1 Å². The molecule has 0 aliphatic carbocycles. The number of thiocarbonyl (C=S) groups is 1. The van der Waals surface area contributed by atoms with Crippen LogP contribution in [-0.2, 0) is 0 Å². The van der Waals surface area contributed by atoms with Crippen molar-refractivity contribution in [2.75, 3.05) is 6.54 Å². The van der Waals surface area contributed by atoms with Crippen molar-refractivity contribution in [1.82, 2.24) is 10.6 Å². The fourth-order valence-corrected chi connectivity index (χ4v) is 1.40. The van der Waals surface area contributed by atoms with Crippen LogP contribution in [0.2, 0.25) is 0 Å². The second kappa shape index (κ2) is 8.30. The second-order valence-corrected chi connectivity index (χ2v) is 3.85. The van der Waals surface area contributed by atoms with E-state index < -0.39 is 0 Å². The Kier molecular flexibility index (Phi) is 8.10. The third-order valence-corrected chi connectivity index (χ3v) is 2.17. The minimum Gasteiger partial charge on any atom is -0.363 e. The third kappa shape index (κ3) is 8.03. The van der Waals surface area contributed by atoms with Crippen molar-refractivity contribution in [3.63, 3.8) is 0 Å². The van der Waals surface area contributed by atoms with E-state index in [-0.39, 0.29) is 0 Å². The van der Waals surface area contributed by atoms with Crippen molar-refractivity contribution < 1.29 is 0 Å². The van der Waals surface area contributed by atoms with Crippen molar-refractivity contribution in [3.05, 3.63) is 0 Å². The van der Waals surface area contributed by atoms with Gasteiger partial charge in [-0.25, -0.2) is 0 Å². The summed E-state index contributed by atoms with van der Waals surface area (Å²) in [4.78, 5) is 0. The van der Waals surface area contributed by atoms with Gasteiger partial charge in [-0.15, -0.1) is 0 Å². The lowest BCUT2D eigenvalue weighted by Crippen LogP contribution is -2.40. The van der Waals surface area contributed by atoms with Crippen molar-refractivity contribution in [2.45, 2.75) is 52.5 Å². The van der Waals surface area contributed by atoms with Crippen LogP contribution in [0.1, 0.15) is 46.5 Å². The van der Waals surface area contributed by atoms with Crippen LogP contribution < -0.4 is 10.6 Å². The summed E-state index contributed by atoms with van der Waals surface area (Å²) in [6.07, 6.45) is 4.83. The van der Waals surface area contributed by atoms with Crippen LogP contribution in [0.25, 0.3) is 0 Å². The predicted molar refractivity (Wildman–Crippen MR) is 63.0 cm³/mol. The third-order valence-electron chi connectivity index (χ3n) is 1.90. The Balaban J connectivity index is 3.41. The molecule has 0 saturated heterocycles. The molecule has 0 aromatic rings. The number of rotatable bonds is 6. The fraction of sp³-hybridized carbons (Fsp3) is 0.900. The Labute approximate surface area is 87.5 Å². The van der Waals surface area contributed by atoms with E-state index >= 15 is 0 Å². The SMILES string of the molecule is CCCCC(C)NC(=S)NCCC. The number of nitrogens with one attached hydrogen (secondary N) is 2. The van der Waals surface area contributed by atoms with Gasteiger partial charge in [0.15, 0.2) is 5.11 Å². The molecular weight excluding hydrogens is 180 g/mol. The Morgan fingerprint density at radius 1 is 1.31 bits per heavy atom. The van der Waals surface area contributed by atoms with Gasteiger partial charge in [-0.1, -0.05) is 26.7 Å². The zero-order chi connectivity index (χ0) is 10.1. The molecule has 0 radical (unpaired) electrons. The summed E-state index contributed by atoms with van der Waals surface area (Å²) < 4.78 is 0. The molecule has 0 amide bonds. The molecule has 0 aliphatic rings. The van der Waals surface area contributed by atoms with E-state index in [9.17, 15) is 0 Å². The molecular formula is C10H22N2S. The standard InChI is InChI=1S/C10H22N2S/c1-4-6-7-9(3)12-10(13)11-8-5-2/h9H,4-8H2,1-3H3,(H2,11,12,13). The predicted octanol–water partition coefficient (Wildman–Crippen LogP) is 2.44. The first-order valence-electron chi connectivity index (χ1n) is 5.25. The largest absolute Gasteiger partial charge is 0.363 e. The minimum atomic E-state index is 0.497. The summed E-state index contributed by atoms with van der Waals surface area (Å²) >= 11 is 5.12. The Morgan fingerprint density at radius 3 is 2.54 bits per heavy atom. The van der Waals surface area contributed by atoms with Gasteiger partial charge in [-0.05, 0) is 32.0 Å². The second-order valence-electron chi connectivity index (χ2n) is 3.44.